The molecular formula is C11H25NO3S. The smallest absolute Gasteiger partial charge is 0.209 e. The van der Waals surface area contributed by atoms with Crippen molar-refractivity contribution in [3.05, 3.63) is 0 Å². The minimum Gasteiger partial charge on any atom is -0.381 e. The summed E-state index contributed by atoms with van der Waals surface area (Å²) >= 11 is 0. The van der Waals surface area contributed by atoms with Crippen LogP contribution >= 0.6 is 0 Å². The first kappa shape index (κ1) is 15.9. The number of sulfonamides is 1. The van der Waals surface area contributed by atoms with Crippen molar-refractivity contribution in [2.75, 3.05) is 19.0 Å². The van der Waals surface area contributed by atoms with Crippen molar-refractivity contribution >= 4 is 10.0 Å². The molecule has 5 heteroatoms. The van der Waals surface area contributed by atoms with Gasteiger partial charge in [0.05, 0.1) is 5.75 Å². The fraction of sp³-hybridized carbons (Fsp3) is 1.00. The summed E-state index contributed by atoms with van der Waals surface area (Å²) in [6.45, 7) is 5.96. The molecule has 0 fully saturated rings. The number of rotatable bonds is 10. The van der Waals surface area contributed by atoms with Crippen LogP contribution in [0.5, 0.6) is 0 Å². The van der Waals surface area contributed by atoms with Crippen molar-refractivity contribution in [3.63, 3.8) is 0 Å². The van der Waals surface area contributed by atoms with Crippen LogP contribution in [0.1, 0.15) is 46.0 Å². The second kappa shape index (κ2) is 8.96. The number of unbranched alkanes of at least 4 members (excludes halogenated alkanes) is 3. The summed E-state index contributed by atoms with van der Waals surface area (Å²) in [6, 6.07) is 0. The Hall–Kier alpha value is -0.130. The first-order chi connectivity index (χ1) is 7.42. The molecule has 16 heavy (non-hydrogen) atoms. The second-order valence-electron chi connectivity index (χ2n) is 4.58. The van der Waals surface area contributed by atoms with E-state index < -0.39 is 10.0 Å². The Morgan fingerprint density at radius 2 is 1.69 bits per heavy atom. The van der Waals surface area contributed by atoms with Gasteiger partial charge in [0.2, 0.25) is 10.0 Å². The zero-order valence-corrected chi connectivity index (χ0v) is 11.3. The van der Waals surface area contributed by atoms with E-state index in [0.29, 0.717) is 12.3 Å². The Morgan fingerprint density at radius 1 is 1.06 bits per heavy atom. The zero-order chi connectivity index (χ0) is 12.4. The third kappa shape index (κ3) is 13.9. The van der Waals surface area contributed by atoms with Gasteiger partial charge in [0.25, 0.3) is 0 Å². The summed E-state index contributed by atoms with van der Waals surface area (Å²) in [4.78, 5) is 0. The van der Waals surface area contributed by atoms with Crippen LogP contribution in [-0.2, 0) is 14.8 Å². The van der Waals surface area contributed by atoms with E-state index in [2.05, 4.69) is 13.8 Å². The highest BCUT2D eigenvalue weighted by Crippen LogP contribution is 2.03. The summed E-state index contributed by atoms with van der Waals surface area (Å²) in [5.41, 5.74) is 0. The van der Waals surface area contributed by atoms with Gasteiger partial charge in [-0.2, -0.15) is 0 Å². The molecule has 0 radical (unpaired) electrons. The van der Waals surface area contributed by atoms with Crippen LogP contribution < -0.4 is 5.14 Å². The highest BCUT2D eigenvalue weighted by molar-refractivity contribution is 7.89. The van der Waals surface area contributed by atoms with E-state index in [1.807, 2.05) is 0 Å². The lowest BCUT2D eigenvalue weighted by Crippen LogP contribution is -2.16. The Balaban J connectivity index is 3.10. The topological polar surface area (TPSA) is 69.4 Å². The Morgan fingerprint density at radius 3 is 2.25 bits per heavy atom. The van der Waals surface area contributed by atoms with E-state index in [-0.39, 0.29) is 5.75 Å². The number of primary sulfonamides is 1. The fourth-order valence-corrected chi connectivity index (χ4v) is 1.89. The number of hydrogen-bond donors (Lipinski definition) is 1. The Labute approximate surface area is 99.6 Å². The van der Waals surface area contributed by atoms with Crippen LogP contribution in [-0.4, -0.2) is 27.4 Å². The maximum absolute atomic E-state index is 10.6. The van der Waals surface area contributed by atoms with E-state index in [1.165, 1.54) is 0 Å². The lowest BCUT2D eigenvalue weighted by molar-refractivity contribution is 0.120. The summed E-state index contributed by atoms with van der Waals surface area (Å²) in [6.07, 6.45) is 4.68. The van der Waals surface area contributed by atoms with Gasteiger partial charge in [-0.1, -0.05) is 26.7 Å². The molecule has 2 N–H and O–H groups in total. The molecule has 0 aromatic carbocycles. The summed E-state index contributed by atoms with van der Waals surface area (Å²) in [7, 11) is -3.27. The normalized spacial score (nSPS) is 12.2. The Bertz CT molecular complexity index is 250. The molecule has 0 atom stereocenters. The lowest BCUT2D eigenvalue weighted by atomic mass is 10.1. The number of ether oxygens (including phenoxy) is 1. The molecule has 98 valence electrons. The van der Waals surface area contributed by atoms with Crippen molar-refractivity contribution in [1.82, 2.24) is 0 Å². The van der Waals surface area contributed by atoms with Gasteiger partial charge in [-0.05, 0) is 25.2 Å². The molecule has 0 saturated carbocycles. The van der Waals surface area contributed by atoms with Crippen LogP contribution in [0.15, 0.2) is 0 Å². The van der Waals surface area contributed by atoms with Gasteiger partial charge in [0.1, 0.15) is 0 Å². The first-order valence-electron chi connectivity index (χ1n) is 6.00. The van der Waals surface area contributed by atoms with Gasteiger partial charge in [0.15, 0.2) is 0 Å². The summed E-state index contributed by atoms with van der Waals surface area (Å²) in [5.74, 6) is 0.788. The van der Waals surface area contributed by atoms with E-state index in [0.717, 1.165) is 38.9 Å². The average molecular weight is 251 g/mol. The first-order valence-corrected chi connectivity index (χ1v) is 7.71. The van der Waals surface area contributed by atoms with Crippen molar-refractivity contribution in [1.29, 1.82) is 0 Å². The van der Waals surface area contributed by atoms with Crippen LogP contribution in [0.25, 0.3) is 0 Å². The van der Waals surface area contributed by atoms with Crippen molar-refractivity contribution in [2.45, 2.75) is 46.0 Å². The maximum atomic E-state index is 10.6. The monoisotopic (exact) mass is 251 g/mol. The van der Waals surface area contributed by atoms with Crippen LogP contribution in [0.3, 0.4) is 0 Å². The molecule has 0 rings (SSSR count). The molecule has 0 aromatic rings. The molecule has 0 amide bonds. The molecule has 0 bridgehead atoms. The molecule has 4 nitrogen and oxygen atoms in total. The summed E-state index contributed by atoms with van der Waals surface area (Å²) < 4.78 is 26.7. The van der Waals surface area contributed by atoms with Crippen molar-refractivity contribution < 1.29 is 13.2 Å². The van der Waals surface area contributed by atoms with Gasteiger partial charge < -0.3 is 4.74 Å². The number of hydrogen-bond acceptors (Lipinski definition) is 3. The predicted octanol–water partition coefficient (Wildman–Crippen LogP) is 1.90. The SMILES string of the molecule is CC(C)CCOCCCCCCS(N)(=O)=O. The minimum absolute atomic E-state index is 0.0984. The third-order valence-corrected chi connectivity index (χ3v) is 3.16. The van der Waals surface area contributed by atoms with Crippen molar-refractivity contribution in [2.24, 2.45) is 11.1 Å². The quantitative estimate of drug-likeness (QED) is 0.603. The average Bonchev–Trinajstić information content (AvgIpc) is 2.13. The van der Waals surface area contributed by atoms with Crippen LogP contribution in [0.2, 0.25) is 0 Å². The van der Waals surface area contributed by atoms with E-state index >= 15 is 0 Å². The molecule has 0 spiro atoms. The summed E-state index contributed by atoms with van der Waals surface area (Å²) in [5, 5.41) is 4.89. The number of nitrogens with two attached hydrogens (primary N) is 1. The van der Waals surface area contributed by atoms with E-state index in [1.54, 1.807) is 0 Å². The van der Waals surface area contributed by atoms with Crippen molar-refractivity contribution in [3.8, 4) is 0 Å². The molecule has 0 aliphatic carbocycles. The fourth-order valence-electron chi connectivity index (χ4n) is 1.28. The predicted molar refractivity (Wildman–Crippen MR) is 66.7 cm³/mol. The molecule has 0 aromatic heterocycles. The van der Waals surface area contributed by atoms with Crippen LogP contribution in [0, 0.1) is 5.92 Å². The van der Waals surface area contributed by atoms with Crippen LogP contribution in [0.4, 0.5) is 0 Å². The van der Waals surface area contributed by atoms with Gasteiger partial charge >= 0.3 is 0 Å². The maximum Gasteiger partial charge on any atom is 0.209 e. The molecule has 0 saturated heterocycles. The largest absolute Gasteiger partial charge is 0.381 e. The standard InChI is InChI=1S/C11H25NO3S/c1-11(2)7-9-15-8-5-3-4-6-10-16(12,13)14/h11H,3-10H2,1-2H3,(H2,12,13,14). The van der Waals surface area contributed by atoms with E-state index in [9.17, 15) is 8.42 Å². The molecular weight excluding hydrogens is 226 g/mol. The second-order valence-corrected chi connectivity index (χ2v) is 6.31. The lowest BCUT2D eigenvalue weighted by Gasteiger charge is -2.06. The van der Waals surface area contributed by atoms with Gasteiger partial charge in [-0.15, -0.1) is 0 Å². The zero-order valence-electron chi connectivity index (χ0n) is 10.4. The van der Waals surface area contributed by atoms with Gasteiger partial charge in [0, 0.05) is 13.2 Å². The highest BCUT2D eigenvalue weighted by Gasteiger charge is 2.01. The van der Waals surface area contributed by atoms with Gasteiger partial charge in [-0.25, -0.2) is 13.6 Å². The third-order valence-electron chi connectivity index (χ3n) is 2.31. The van der Waals surface area contributed by atoms with E-state index in [4.69, 9.17) is 9.88 Å². The molecule has 0 aliphatic heterocycles. The molecule has 0 aliphatic rings. The molecule has 0 unspecified atom stereocenters. The molecule has 0 heterocycles. The Kier molecular flexibility index (Phi) is 8.89. The minimum atomic E-state index is -3.27. The van der Waals surface area contributed by atoms with Gasteiger partial charge in [-0.3, -0.25) is 0 Å². The highest BCUT2D eigenvalue weighted by atomic mass is 32.2.